The van der Waals surface area contributed by atoms with E-state index in [1.807, 2.05) is 13.0 Å². The number of nitrogens with zero attached hydrogens (tertiary/aromatic N) is 3. The molecule has 5 rings (SSSR count). The van der Waals surface area contributed by atoms with E-state index >= 15 is 0 Å². The van der Waals surface area contributed by atoms with Gasteiger partial charge in [-0.1, -0.05) is 24.3 Å². The van der Waals surface area contributed by atoms with Crippen LogP contribution in [0.15, 0.2) is 67.0 Å². The predicted octanol–water partition coefficient (Wildman–Crippen LogP) is 4.98. The summed E-state index contributed by atoms with van der Waals surface area (Å²) in [4.78, 5) is 11.5. The van der Waals surface area contributed by atoms with E-state index in [0.29, 0.717) is 23.9 Å². The average Bonchev–Trinajstić information content (AvgIpc) is 3.29. The fourth-order valence-corrected chi connectivity index (χ4v) is 4.66. The highest BCUT2D eigenvalue weighted by atomic mass is 16.5. The molecular formula is C28H29N3O4. The fourth-order valence-electron chi connectivity index (χ4n) is 4.66. The molecule has 2 aliphatic rings. The van der Waals surface area contributed by atoms with Crippen molar-refractivity contribution >= 4 is 11.1 Å². The Labute approximate surface area is 205 Å². The third-order valence-corrected chi connectivity index (χ3v) is 6.63. The van der Waals surface area contributed by atoms with Crippen LogP contribution >= 0.6 is 0 Å². The lowest BCUT2D eigenvalue weighted by Gasteiger charge is -2.30. The molecule has 7 nitrogen and oxygen atoms in total. The highest BCUT2D eigenvalue weighted by Gasteiger charge is 2.31. The van der Waals surface area contributed by atoms with Crippen LogP contribution < -0.4 is 9.47 Å². The molecule has 2 aromatic carbocycles. The smallest absolute Gasteiger partial charge is 0.232 e. The number of rotatable bonds is 6. The summed E-state index contributed by atoms with van der Waals surface area (Å²) in [5.74, 6) is 1.43. The second-order valence-corrected chi connectivity index (χ2v) is 9.18. The van der Waals surface area contributed by atoms with Gasteiger partial charge in [0.2, 0.25) is 5.88 Å². The van der Waals surface area contributed by atoms with Crippen LogP contribution in [0.5, 0.6) is 23.1 Å². The molecule has 0 spiro atoms. The first-order valence-electron chi connectivity index (χ1n) is 11.7. The molecule has 0 radical (unpaired) electrons. The number of likely N-dealkylation sites (tertiary alicyclic amines) is 1. The lowest BCUT2D eigenvalue weighted by Crippen LogP contribution is -2.35. The van der Waals surface area contributed by atoms with E-state index in [1.165, 1.54) is 5.57 Å². The molecule has 0 amide bonds. The quantitative estimate of drug-likeness (QED) is 0.490. The summed E-state index contributed by atoms with van der Waals surface area (Å²) >= 11 is 0. The lowest BCUT2D eigenvalue weighted by molar-refractivity contribution is 0.170. The summed E-state index contributed by atoms with van der Waals surface area (Å²) < 4.78 is 12.3. The van der Waals surface area contributed by atoms with Crippen molar-refractivity contribution in [2.24, 2.45) is 0 Å². The van der Waals surface area contributed by atoms with Crippen LogP contribution in [0, 0.1) is 0 Å². The molecule has 0 aliphatic carbocycles. The van der Waals surface area contributed by atoms with Crippen LogP contribution in [0.3, 0.4) is 0 Å². The summed E-state index contributed by atoms with van der Waals surface area (Å²) in [6.45, 7) is 10.6. The largest absolute Gasteiger partial charge is 0.508 e. The topological polar surface area (TPSA) is 87.9 Å². The molecular weight excluding hydrogens is 442 g/mol. The third-order valence-electron chi connectivity index (χ3n) is 6.63. The van der Waals surface area contributed by atoms with Crippen molar-refractivity contribution in [1.29, 1.82) is 0 Å². The SMILES string of the molecule is C=C1CCN([C@@H](C)COc2cnc(C3Oc4ccc(O)cc4C(C)=C3c3cccc(O)c3)cn2)C1. The Bertz CT molecular complexity index is 1290. The number of ether oxygens (including phenoxy) is 2. The molecule has 2 atom stereocenters. The summed E-state index contributed by atoms with van der Waals surface area (Å²) in [5.41, 5.74) is 5.27. The van der Waals surface area contributed by atoms with Gasteiger partial charge in [-0.25, -0.2) is 9.97 Å². The maximum Gasteiger partial charge on any atom is 0.232 e. The van der Waals surface area contributed by atoms with Crippen LogP contribution in [0.25, 0.3) is 11.1 Å². The number of hydrogen-bond donors (Lipinski definition) is 2. The van der Waals surface area contributed by atoms with Gasteiger partial charge in [0.25, 0.3) is 0 Å². The Kier molecular flexibility index (Phi) is 6.17. The Morgan fingerprint density at radius 1 is 1.14 bits per heavy atom. The van der Waals surface area contributed by atoms with Gasteiger partial charge in [-0.2, -0.15) is 0 Å². The highest BCUT2D eigenvalue weighted by Crippen LogP contribution is 2.47. The molecule has 2 N–H and O–H groups in total. The molecule has 1 saturated heterocycles. The highest BCUT2D eigenvalue weighted by molar-refractivity contribution is 5.95. The maximum absolute atomic E-state index is 10.1. The zero-order valence-corrected chi connectivity index (χ0v) is 19.9. The minimum atomic E-state index is -0.537. The number of phenolic OH excluding ortho intramolecular Hbond substituents is 2. The van der Waals surface area contributed by atoms with E-state index < -0.39 is 6.10 Å². The van der Waals surface area contributed by atoms with Crippen molar-refractivity contribution in [3.63, 3.8) is 0 Å². The van der Waals surface area contributed by atoms with Crippen molar-refractivity contribution in [3.05, 3.63) is 83.8 Å². The van der Waals surface area contributed by atoms with E-state index in [1.54, 1.807) is 48.8 Å². The first-order chi connectivity index (χ1) is 16.9. The molecule has 7 heteroatoms. The van der Waals surface area contributed by atoms with E-state index in [4.69, 9.17) is 9.47 Å². The Morgan fingerprint density at radius 3 is 2.69 bits per heavy atom. The lowest BCUT2D eigenvalue weighted by atomic mass is 9.87. The molecule has 3 heterocycles. The van der Waals surface area contributed by atoms with E-state index in [9.17, 15) is 10.2 Å². The first kappa shape index (κ1) is 22.9. The summed E-state index contributed by atoms with van der Waals surface area (Å²) in [6.07, 6.45) is 3.79. The second-order valence-electron chi connectivity index (χ2n) is 9.18. The van der Waals surface area contributed by atoms with Gasteiger partial charge in [-0.05, 0) is 61.7 Å². The molecule has 0 bridgehead atoms. The zero-order chi connectivity index (χ0) is 24.5. The summed E-state index contributed by atoms with van der Waals surface area (Å²) in [5, 5.41) is 20.1. The number of fused-ring (bicyclic) bond motifs is 1. The first-order valence-corrected chi connectivity index (χ1v) is 11.7. The molecule has 35 heavy (non-hydrogen) atoms. The Balaban J connectivity index is 1.41. The maximum atomic E-state index is 10.1. The zero-order valence-electron chi connectivity index (χ0n) is 19.9. The van der Waals surface area contributed by atoms with Gasteiger partial charge in [0.05, 0.1) is 12.4 Å². The number of benzene rings is 2. The van der Waals surface area contributed by atoms with E-state index in [-0.39, 0.29) is 17.5 Å². The van der Waals surface area contributed by atoms with Crippen LogP contribution in [0.4, 0.5) is 0 Å². The normalized spacial score (nSPS) is 18.8. The fraction of sp³-hybridized carbons (Fsp3) is 0.286. The molecule has 1 aromatic heterocycles. The minimum absolute atomic E-state index is 0.161. The van der Waals surface area contributed by atoms with Gasteiger partial charge in [0.1, 0.15) is 29.5 Å². The number of aromatic nitrogens is 2. The predicted molar refractivity (Wildman–Crippen MR) is 134 cm³/mol. The number of phenols is 2. The van der Waals surface area contributed by atoms with Gasteiger partial charge < -0.3 is 19.7 Å². The molecule has 180 valence electrons. The third kappa shape index (κ3) is 4.72. The van der Waals surface area contributed by atoms with E-state index in [2.05, 4.69) is 28.4 Å². The Morgan fingerprint density at radius 2 is 1.97 bits per heavy atom. The monoisotopic (exact) mass is 471 g/mol. The van der Waals surface area contributed by atoms with Gasteiger partial charge in [-0.15, -0.1) is 0 Å². The van der Waals surface area contributed by atoms with Crippen LogP contribution in [0.2, 0.25) is 0 Å². The number of hydrogen-bond acceptors (Lipinski definition) is 7. The van der Waals surface area contributed by atoms with Crippen molar-refractivity contribution in [2.45, 2.75) is 32.4 Å². The van der Waals surface area contributed by atoms with Crippen molar-refractivity contribution in [3.8, 4) is 23.1 Å². The summed E-state index contributed by atoms with van der Waals surface area (Å²) in [7, 11) is 0. The van der Waals surface area contributed by atoms with Crippen LogP contribution in [-0.2, 0) is 0 Å². The number of aromatic hydroxyl groups is 2. The molecule has 0 saturated carbocycles. The van der Waals surface area contributed by atoms with E-state index in [0.717, 1.165) is 41.8 Å². The van der Waals surface area contributed by atoms with Crippen molar-refractivity contribution in [1.82, 2.24) is 14.9 Å². The minimum Gasteiger partial charge on any atom is -0.508 e. The Hall–Kier alpha value is -3.84. The van der Waals surface area contributed by atoms with Crippen molar-refractivity contribution < 1.29 is 19.7 Å². The molecule has 1 fully saturated rings. The molecule has 2 aliphatic heterocycles. The molecule has 1 unspecified atom stereocenters. The van der Waals surface area contributed by atoms with Crippen molar-refractivity contribution in [2.75, 3.05) is 19.7 Å². The average molecular weight is 472 g/mol. The van der Waals surface area contributed by atoms with Crippen LogP contribution in [0.1, 0.15) is 43.2 Å². The van der Waals surface area contributed by atoms with Crippen LogP contribution in [-0.4, -0.2) is 50.8 Å². The second kappa shape index (κ2) is 9.43. The van der Waals surface area contributed by atoms with Gasteiger partial charge >= 0.3 is 0 Å². The van der Waals surface area contributed by atoms with Gasteiger partial charge in [0.15, 0.2) is 6.10 Å². The van der Waals surface area contributed by atoms with Gasteiger partial charge in [-0.3, -0.25) is 4.90 Å². The number of allylic oxidation sites excluding steroid dienone is 1. The molecule has 3 aromatic rings. The van der Waals surface area contributed by atoms with Gasteiger partial charge in [0, 0.05) is 30.3 Å². The summed E-state index contributed by atoms with van der Waals surface area (Å²) in [6, 6.07) is 12.3. The standard InChI is InChI=1S/C28H29N3O4/c1-17-9-10-31(15-17)18(2)16-34-26-14-29-24(13-30-26)28-27(20-5-4-6-21(32)11-20)19(3)23-12-22(33)7-8-25(23)35-28/h4-8,11-14,18,28,32-33H,1,9-10,15-16H2,2-3H3/t18-,28?/m0/s1.